The Morgan fingerprint density at radius 2 is 2.18 bits per heavy atom. The highest BCUT2D eigenvalue weighted by molar-refractivity contribution is 5.60. The number of aryl methyl sites for hydroxylation is 1. The Morgan fingerprint density at radius 1 is 1.24 bits per heavy atom. The van der Waals surface area contributed by atoms with Crippen molar-refractivity contribution in [3.63, 3.8) is 0 Å². The molecule has 1 aliphatic heterocycles. The van der Waals surface area contributed by atoms with Gasteiger partial charge in [0.1, 0.15) is 0 Å². The topological polar surface area (TPSA) is 40.7 Å². The second-order valence-corrected chi connectivity index (χ2v) is 5.02. The number of hydrogen-bond donors (Lipinski definition) is 2. The highest BCUT2D eigenvalue weighted by Gasteiger charge is 2.36. The number of benzene rings is 1. The molecule has 3 nitrogen and oxygen atoms in total. The van der Waals surface area contributed by atoms with Crippen LogP contribution in [0.3, 0.4) is 0 Å². The minimum Gasteiger partial charge on any atom is -0.376 e. The molecule has 2 aliphatic rings. The van der Waals surface area contributed by atoms with Crippen molar-refractivity contribution in [2.45, 2.75) is 31.2 Å². The molecule has 86 valence electrons. The standard InChI is InChI=1S/C14H15N3/c1-2-7-12-10(5-1)11-6-3-4-9-8-15-17-13(9)14(11)16-12/h1-2,5,7-8,11,14,16H,3-4,6H2,(H,15,17). The number of fused-ring (bicyclic) bond motifs is 5. The second kappa shape index (κ2) is 3.36. The summed E-state index contributed by atoms with van der Waals surface area (Å²) < 4.78 is 0. The Bertz CT molecular complexity index is 558. The predicted octanol–water partition coefficient (Wildman–Crippen LogP) is 3.00. The van der Waals surface area contributed by atoms with Crippen molar-refractivity contribution in [1.82, 2.24) is 10.2 Å². The Morgan fingerprint density at radius 3 is 3.18 bits per heavy atom. The summed E-state index contributed by atoms with van der Waals surface area (Å²) in [6.07, 6.45) is 5.66. The van der Waals surface area contributed by atoms with Crippen molar-refractivity contribution in [3.05, 3.63) is 47.3 Å². The Kier molecular flexibility index (Phi) is 1.83. The van der Waals surface area contributed by atoms with Crippen LogP contribution in [0.5, 0.6) is 0 Å². The molecule has 0 spiro atoms. The molecular weight excluding hydrogens is 210 g/mol. The molecule has 4 rings (SSSR count). The van der Waals surface area contributed by atoms with Crippen LogP contribution in [0.4, 0.5) is 5.69 Å². The SMILES string of the molecule is c1ccc2c(c1)NC1c3[nH]ncc3CCCC21. The summed E-state index contributed by atoms with van der Waals surface area (Å²) in [5.74, 6) is 0.605. The minimum absolute atomic E-state index is 0.396. The lowest BCUT2D eigenvalue weighted by atomic mass is 9.91. The first kappa shape index (κ1) is 9.28. The van der Waals surface area contributed by atoms with Crippen LogP contribution in [0.25, 0.3) is 0 Å². The van der Waals surface area contributed by atoms with Crippen molar-refractivity contribution in [2.75, 3.05) is 5.32 Å². The lowest BCUT2D eigenvalue weighted by Gasteiger charge is -2.17. The van der Waals surface area contributed by atoms with Crippen molar-refractivity contribution in [1.29, 1.82) is 0 Å². The first-order chi connectivity index (χ1) is 8.43. The third kappa shape index (κ3) is 1.25. The molecule has 2 N–H and O–H groups in total. The van der Waals surface area contributed by atoms with Crippen molar-refractivity contribution in [3.8, 4) is 0 Å². The van der Waals surface area contributed by atoms with Crippen LogP contribution < -0.4 is 5.32 Å². The molecule has 0 amide bonds. The van der Waals surface area contributed by atoms with E-state index in [2.05, 4.69) is 39.8 Å². The third-order valence-corrected chi connectivity index (χ3v) is 4.10. The van der Waals surface area contributed by atoms with Gasteiger partial charge in [-0.25, -0.2) is 0 Å². The maximum Gasteiger partial charge on any atom is 0.0751 e. The molecule has 17 heavy (non-hydrogen) atoms. The fourth-order valence-corrected chi connectivity index (χ4v) is 3.30. The van der Waals surface area contributed by atoms with Crippen LogP contribution in [-0.2, 0) is 6.42 Å². The molecule has 2 unspecified atom stereocenters. The number of anilines is 1. The van der Waals surface area contributed by atoms with E-state index in [-0.39, 0.29) is 0 Å². The van der Waals surface area contributed by atoms with Crippen LogP contribution in [-0.4, -0.2) is 10.2 Å². The Balaban J connectivity index is 1.85. The first-order valence-corrected chi connectivity index (χ1v) is 6.31. The Hall–Kier alpha value is -1.77. The van der Waals surface area contributed by atoms with Crippen LogP contribution in [0, 0.1) is 0 Å². The van der Waals surface area contributed by atoms with E-state index >= 15 is 0 Å². The summed E-state index contributed by atoms with van der Waals surface area (Å²) in [5.41, 5.74) is 5.45. The first-order valence-electron chi connectivity index (χ1n) is 6.31. The van der Waals surface area contributed by atoms with Gasteiger partial charge in [0.05, 0.1) is 17.9 Å². The van der Waals surface area contributed by atoms with Gasteiger partial charge in [-0.2, -0.15) is 5.10 Å². The number of rotatable bonds is 0. The Labute approximate surface area is 100 Å². The van der Waals surface area contributed by atoms with Crippen molar-refractivity contribution >= 4 is 5.69 Å². The number of nitrogens with zero attached hydrogens (tertiary/aromatic N) is 1. The van der Waals surface area contributed by atoms with Crippen LogP contribution >= 0.6 is 0 Å². The minimum atomic E-state index is 0.396. The molecule has 1 aromatic heterocycles. The fraction of sp³-hybridized carbons (Fsp3) is 0.357. The van der Waals surface area contributed by atoms with Crippen LogP contribution in [0.15, 0.2) is 30.5 Å². The molecule has 0 saturated carbocycles. The second-order valence-electron chi connectivity index (χ2n) is 5.02. The summed E-state index contributed by atoms with van der Waals surface area (Å²) in [4.78, 5) is 0. The lowest BCUT2D eigenvalue weighted by molar-refractivity contribution is 0.562. The van der Waals surface area contributed by atoms with Gasteiger partial charge in [-0.3, -0.25) is 5.10 Å². The van der Waals surface area contributed by atoms with E-state index in [1.54, 1.807) is 0 Å². The quantitative estimate of drug-likeness (QED) is 0.723. The van der Waals surface area contributed by atoms with Gasteiger partial charge in [0.2, 0.25) is 0 Å². The molecule has 0 bridgehead atoms. The molecule has 0 radical (unpaired) electrons. The molecular formula is C14H15N3. The van der Waals surface area contributed by atoms with Crippen LogP contribution in [0.2, 0.25) is 0 Å². The summed E-state index contributed by atoms with van der Waals surface area (Å²) in [5, 5.41) is 11.0. The summed E-state index contributed by atoms with van der Waals surface area (Å²) in [7, 11) is 0. The smallest absolute Gasteiger partial charge is 0.0751 e. The molecule has 0 fully saturated rings. The molecule has 2 atom stereocenters. The summed E-state index contributed by atoms with van der Waals surface area (Å²) in [6.45, 7) is 0. The van der Waals surface area contributed by atoms with Gasteiger partial charge >= 0.3 is 0 Å². The average molecular weight is 225 g/mol. The maximum atomic E-state index is 4.20. The normalized spacial score (nSPS) is 25.4. The average Bonchev–Trinajstić information content (AvgIpc) is 2.91. The van der Waals surface area contributed by atoms with E-state index in [0.29, 0.717) is 12.0 Å². The molecule has 1 aromatic carbocycles. The number of aromatic amines is 1. The van der Waals surface area contributed by atoms with E-state index in [9.17, 15) is 0 Å². The van der Waals surface area contributed by atoms with Gasteiger partial charge in [-0.1, -0.05) is 18.2 Å². The number of H-pyrrole nitrogens is 1. The lowest BCUT2D eigenvalue weighted by Crippen LogP contribution is -2.11. The zero-order chi connectivity index (χ0) is 11.2. The van der Waals surface area contributed by atoms with E-state index in [1.165, 1.54) is 35.3 Å². The fourth-order valence-electron chi connectivity index (χ4n) is 3.30. The monoisotopic (exact) mass is 225 g/mol. The van der Waals surface area contributed by atoms with Gasteiger partial charge in [0.15, 0.2) is 0 Å². The molecule has 0 saturated heterocycles. The predicted molar refractivity (Wildman–Crippen MR) is 67.1 cm³/mol. The van der Waals surface area contributed by atoms with E-state index in [4.69, 9.17) is 0 Å². The van der Waals surface area contributed by atoms with E-state index in [0.717, 1.165) is 6.42 Å². The van der Waals surface area contributed by atoms with Gasteiger partial charge in [0, 0.05) is 11.6 Å². The largest absolute Gasteiger partial charge is 0.376 e. The van der Waals surface area contributed by atoms with Crippen molar-refractivity contribution < 1.29 is 0 Å². The van der Waals surface area contributed by atoms with E-state index < -0.39 is 0 Å². The number of hydrogen-bond acceptors (Lipinski definition) is 2. The zero-order valence-electron chi connectivity index (χ0n) is 9.61. The number of para-hydroxylation sites is 1. The van der Waals surface area contributed by atoms with Crippen molar-refractivity contribution in [2.24, 2.45) is 0 Å². The third-order valence-electron chi connectivity index (χ3n) is 4.10. The maximum absolute atomic E-state index is 4.20. The molecule has 3 heteroatoms. The zero-order valence-corrected chi connectivity index (χ0v) is 9.61. The van der Waals surface area contributed by atoms with Gasteiger partial charge in [-0.15, -0.1) is 0 Å². The molecule has 2 heterocycles. The number of nitrogens with one attached hydrogen (secondary N) is 2. The highest BCUT2D eigenvalue weighted by atomic mass is 15.1. The summed E-state index contributed by atoms with van der Waals surface area (Å²) >= 11 is 0. The highest BCUT2D eigenvalue weighted by Crippen LogP contribution is 2.48. The molecule has 2 aromatic rings. The number of aromatic nitrogens is 2. The van der Waals surface area contributed by atoms with Gasteiger partial charge < -0.3 is 5.32 Å². The summed E-state index contributed by atoms with van der Waals surface area (Å²) in [6, 6.07) is 9.08. The van der Waals surface area contributed by atoms with Gasteiger partial charge in [-0.05, 0) is 36.5 Å². The van der Waals surface area contributed by atoms with Gasteiger partial charge in [0.25, 0.3) is 0 Å². The molecule has 1 aliphatic carbocycles. The van der Waals surface area contributed by atoms with Crippen LogP contribution in [0.1, 0.15) is 41.6 Å². The van der Waals surface area contributed by atoms with E-state index in [1.807, 2.05) is 6.20 Å².